The highest BCUT2D eigenvalue weighted by Crippen LogP contribution is 2.32. The Bertz CT molecular complexity index is 1050. The van der Waals surface area contributed by atoms with Crippen LogP contribution in [0.3, 0.4) is 0 Å². The van der Waals surface area contributed by atoms with E-state index in [-0.39, 0.29) is 5.69 Å². The summed E-state index contributed by atoms with van der Waals surface area (Å²) in [5.41, 5.74) is 3.00. The predicted octanol–water partition coefficient (Wildman–Crippen LogP) is 4.93. The lowest BCUT2D eigenvalue weighted by molar-refractivity contribution is -0.384. The van der Waals surface area contributed by atoms with Gasteiger partial charge in [0.25, 0.3) is 11.6 Å². The zero-order valence-corrected chi connectivity index (χ0v) is 15.1. The number of hydrogen-bond donors (Lipinski definition) is 1. The average molecular weight is 404 g/mol. The third kappa shape index (κ3) is 4.52. The van der Waals surface area contributed by atoms with E-state index in [1.54, 1.807) is 30.3 Å². The van der Waals surface area contributed by atoms with Gasteiger partial charge in [0.15, 0.2) is 0 Å². The molecule has 0 fully saturated rings. The molecule has 1 heterocycles. The number of carbonyl (C=O) groups excluding carboxylic acids is 1. The summed E-state index contributed by atoms with van der Waals surface area (Å²) in [5.74, 6) is 0.243. The number of nitrogens with zero attached hydrogens (tertiary/aromatic N) is 2. The van der Waals surface area contributed by atoms with Gasteiger partial charge in [-0.2, -0.15) is 5.10 Å². The topological polar surface area (TPSA) is 97.7 Å². The Kier molecular flexibility index (Phi) is 5.54. The molecule has 3 aromatic rings. The summed E-state index contributed by atoms with van der Waals surface area (Å²) < 4.78 is 5.56. The number of furan rings is 1. The van der Waals surface area contributed by atoms with Crippen molar-refractivity contribution in [2.24, 2.45) is 5.10 Å². The van der Waals surface area contributed by atoms with Crippen LogP contribution in [-0.2, 0) is 0 Å². The van der Waals surface area contributed by atoms with E-state index in [9.17, 15) is 14.9 Å². The molecule has 9 heteroatoms. The molecule has 3 rings (SSSR count). The number of nitro benzene ring substituents is 1. The number of nitro groups is 1. The highest BCUT2D eigenvalue weighted by atomic mass is 35.5. The van der Waals surface area contributed by atoms with Crippen molar-refractivity contribution < 1.29 is 14.1 Å². The zero-order valence-electron chi connectivity index (χ0n) is 13.6. The van der Waals surface area contributed by atoms with Gasteiger partial charge >= 0.3 is 0 Å². The number of amides is 1. The monoisotopic (exact) mass is 403 g/mol. The van der Waals surface area contributed by atoms with Crippen molar-refractivity contribution in [2.45, 2.75) is 0 Å². The van der Waals surface area contributed by atoms with Gasteiger partial charge in [0, 0.05) is 28.3 Å². The first-order valence-electron chi connectivity index (χ1n) is 7.57. The maximum Gasteiger partial charge on any atom is 0.271 e. The van der Waals surface area contributed by atoms with E-state index >= 15 is 0 Å². The largest absolute Gasteiger partial charge is 0.455 e. The summed E-state index contributed by atoms with van der Waals surface area (Å²) in [7, 11) is 0. The van der Waals surface area contributed by atoms with Crippen LogP contribution >= 0.6 is 23.2 Å². The number of halogens is 2. The van der Waals surface area contributed by atoms with Gasteiger partial charge in [0.1, 0.15) is 11.5 Å². The molecule has 2 aromatic carbocycles. The lowest BCUT2D eigenvalue weighted by Crippen LogP contribution is -2.17. The maximum absolute atomic E-state index is 12.0. The molecule has 0 radical (unpaired) electrons. The first kappa shape index (κ1) is 18.6. The first-order valence-corrected chi connectivity index (χ1v) is 8.33. The number of carbonyl (C=O) groups is 1. The van der Waals surface area contributed by atoms with Crippen molar-refractivity contribution in [1.82, 2.24) is 5.43 Å². The van der Waals surface area contributed by atoms with E-state index in [0.717, 1.165) is 0 Å². The number of nitrogens with one attached hydrogen (secondary N) is 1. The van der Waals surface area contributed by atoms with Crippen molar-refractivity contribution in [1.29, 1.82) is 0 Å². The van der Waals surface area contributed by atoms with Crippen molar-refractivity contribution in [3.05, 3.63) is 86.1 Å². The Morgan fingerprint density at radius 3 is 2.70 bits per heavy atom. The molecule has 0 saturated heterocycles. The van der Waals surface area contributed by atoms with Crippen molar-refractivity contribution in [3.63, 3.8) is 0 Å². The lowest BCUT2D eigenvalue weighted by Gasteiger charge is -2.01. The van der Waals surface area contributed by atoms with Gasteiger partial charge in [-0.1, -0.05) is 29.3 Å². The SMILES string of the molecule is O=C(N/N=C\c1ccc(-c2cc([N+](=O)[O-])ccc2Cl)o1)c1cccc(Cl)c1. The Labute approximate surface area is 163 Å². The highest BCUT2D eigenvalue weighted by Gasteiger charge is 2.14. The Hall–Kier alpha value is -3.16. The molecular weight excluding hydrogens is 393 g/mol. The van der Waals surface area contributed by atoms with Gasteiger partial charge in [-0.25, -0.2) is 5.43 Å². The summed E-state index contributed by atoms with van der Waals surface area (Å²) >= 11 is 11.9. The van der Waals surface area contributed by atoms with Crippen LogP contribution in [0.5, 0.6) is 0 Å². The summed E-state index contributed by atoms with van der Waals surface area (Å²) in [6.45, 7) is 0. The molecule has 7 nitrogen and oxygen atoms in total. The van der Waals surface area contributed by atoms with Gasteiger partial charge in [-0.3, -0.25) is 14.9 Å². The highest BCUT2D eigenvalue weighted by molar-refractivity contribution is 6.33. The average Bonchev–Trinajstić information content (AvgIpc) is 3.10. The molecule has 1 N–H and O–H groups in total. The van der Waals surface area contributed by atoms with Crippen molar-refractivity contribution in [3.8, 4) is 11.3 Å². The standard InChI is InChI=1S/C18H11Cl2N3O4/c19-12-3-1-2-11(8-12)18(24)22-21-10-14-5-7-17(27-14)15-9-13(23(25)26)4-6-16(15)20/h1-10H,(H,22,24)/b21-10-. The Morgan fingerprint density at radius 1 is 1.15 bits per heavy atom. The van der Waals surface area contributed by atoms with E-state index in [1.165, 1.54) is 30.5 Å². The second-order valence-corrected chi connectivity index (χ2v) is 6.18. The van der Waals surface area contributed by atoms with Crippen LogP contribution in [0.25, 0.3) is 11.3 Å². The fourth-order valence-electron chi connectivity index (χ4n) is 2.23. The molecule has 0 aliphatic rings. The number of hydrazone groups is 1. The van der Waals surface area contributed by atoms with Gasteiger partial charge in [0.2, 0.25) is 0 Å². The smallest absolute Gasteiger partial charge is 0.271 e. The van der Waals surface area contributed by atoms with E-state index in [1.807, 2.05) is 0 Å². The molecule has 1 aromatic heterocycles. The Morgan fingerprint density at radius 2 is 1.96 bits per heavy atom. The summed E-state index contributed by atoms with van der Waals surface area (Å²) in [5, 5.41) is 15.5. The molecule has 0 bridgehead atoms. The van der Waals surface area contributed by atoms with Crippen molar-refractivity contribution >= 4 is 41.0 Å². The molecule has 0 spiro atoms. The first-order chi connectivity index (χ1) is 12.9. The molecular formula is C18H11Cl2N3O4. The molecule has 0 aliphatic carbocycles. The summed E-state index contributed by atoms with van der Waals surface area (Å²) in [6, 6.07) is 13.7. The van der Waals surface area contributed by atoms with E-state index in [0.29, 0.717) is 32.7 Å². The van der Waals surface area contributed by atoms with Crippen LogP contribution in [0.15, 0.2) is 64.1 Å². The van der Waals surface area contributed by atoms with Gasteiger partial charge < -0.3 is 4.42 Å². The third-order valence-electron chi connectivity index (χ3n) is 3.50. The van der Waals surface area contributed by atoms with Crippen LogP contribution in [0.4, 0.5) is 5.69 Å². The molecule has 0 saturated carbocycles. The minimum Gasteiger partial charge on any atom is -0.455 e. The molecule has 0 atom stereocenters. The van der Waals surface area contributed by atoms with Crippen LogP contribution in [0.2, 0.25) is 10.0 Å². The number of non-ortho nitro benzene ring substituents is 1. The van der Waals surface area contributed by atoms with Gasteiger partial charge in [-0.05, 0) is 36.4 Å². The van der Waals surface area contributed by atoms with Gasteiger partial charge in [-0.15, -0.1) is 0 Å². The lowest BCUT2D eigenvalue weighted by atomic mass is 10.1. The number of rotatable bonds is 5. The predicted molar refractivity (Wildman–Crippen MR) is 102 cm³/mol. The molecule has 0 unspecified atom stereocenters. The molecule has 1 amide bonds. The summed E-state index contributed by atoms with van der Waals surface area (Å²) in [4.78, 5) is 22.4. The maximum atomic E-state index is 12.0. The minimum absolute atomic E-state index is 0.102. The second-order valence-electron chi connectivity index (χ2n) is 5.33. The van der Waals surface area contributed by atoms with Crippen LogP contribution < -0.4 is 5.43 Å². The van der Waals surface area contributed by atoms with Gasteiger partial charge in [0.05, 0.1) is 16.2 Å². The van der Waals surface area contributed by atoms with E-state index < -0.39 is 10.8 Å². The van der Waals surface area contributed by atoms with Crippen LogP contribution in [0.1, 0.15) is 16.1 Å². The quantitative estimate of drug-likeness (QED) is 0.371. The van der Waals surface area contributed by atoms with Crippen molar-refractivity contribution in [2.75, 3.05) is 0 Å². The molecule has 0 aliphatic heterocycles. The zero-order chi connectivity index (χ0) is 19.4. The fraction of sp³-hybridized carbons (Fsp3) is 0. The van der Waals surface area contributed by atoms with Crippen LogP contribution in [0, 0.1) is 10.1 Å². The normalized spacial score (nSPS) is 10.9. The van der Waals surface area contributed by atoms with E-state index in [2.05, 4.69) is 10.5 Å². The third-order valence-corrected chi connectivity index (χ3v) is 4.06. The van der Waals surface area contributed by atoms with Crippen LogP contribution in [-0.4, -0.2) is 17.0 Å². The summed E-state index contributed by atoms with van der Waals surface area (Å²) in [6.07, 6.45) is 1.30. The number of benzene rings is 2. The Balaban J connectivity index is 1.73. The molecule has 136 valence electrons. The fourth-order valence-corrected chi connectivity index (χ4v) is 2.63. The number of hydrogen-bond acceptors (Lipinski definition) is 5. The molecule has 27 heavy (non-hydrogen) atoms. The minimum atomic E-state index is -0.517. The van der Waals surface area contributed by atoms with E-state index in [4.69, 9.17) is 27.6 Å². The second kappa shape index (κ2) is 8.03.